The van der Waals surface area contributed by atoms with Crippen molar-refractivity contribution in [3.05, 3.63) is 47.1 Å². The number of thiazole rings is 1. The van der Waals surface area contributed by atoms with Crippen LogP contribution < -0.4 is 4.90 Å². The molecule has 1 aliphatic heterocycles. The fourth-order valence-corrected chi connectivity index (χ4v) is 4.19. The van der Waals surface area contributed by atoms with E-state index in [4.69, 9.17) is 0 Å². The number of para-hydroxylation sites is 1. The summed E-state index contributed by atoms with van der Waals surface area (Å²) in [4.78, 5) is 8.60. The van der Waals surface area contributed by atoms with Crippen molar-refractivity contribution in [1.29, 1.82) is 0 Å². The van der Waals surface area contributed by atoms with E-state index >= 15 is 0 Å². The fourth-order valence-electron chi connectivity index (χ4n) is 3.36. The van der Waals surface area contributed by atoms with Crippen LogP contribution in [-0.4, -0.2) is 23.1 Å². The number of rotatable bonds is 2. The smallest absolute Gasteiger partial charge is 0.361 e. The summed E-state index contributed by atoms with van der Waals surface area (Å²) < 4.78 is 38.1. The van der Waals surface area contributed by atoms with Crippen LogP contribution in [0, 0.1) is 0 Å². The number of alkyl halides is 3. The normalized spacial score (nSPS) is 16.9. The summed E-state index contributed by atoms with van der Waals surface area (Å²) in [6.07, 6.45) is 0.533. The van der Waals surface area contributed by atoms with Gasteiger partial charge in [0.2, 0.25) is 0 Å². The van der Waals surface area contributed by atoms with Gasteiger partial charge in [0.25, 0.3) is 0 Å². The SMILES string of the molecule is FC(F)(F)c1cnc(N2CCC(c3c[nH]c4ccccc34)CC2)s1. The number of aromatic amines is 1. The van der Waals surface area contributed by atoms with E-state index in [0.717, 1.165) is 49.0 Å². The Hall–Kier alpha value is -2.02. The lowest BCUT2D eigenvalue weighted by Gasteiger charge is -2.31. The Morgan fingerprint density at radius 1 is 1.17 bits per heavy atom. The zero-order chi connectivity index (χ0) is 16.7. The second-order valence-electron chi connectivity index (χ2n) is 6.06. The molecular formula is C17H16F3N3S. The molecule has 0 radical (unpaired) electrons. The first-order chi connectivity index (χ1) is 11.5. The summed E-state index contributed by atoms with van der Waals surface area (Å²) in [5, 5.41) is 1.71. The minimum absolute atomic E-state index is 0.430. The summed E-state index contributed by atoms with van der Waals surface area (Å²) in [6, 6.07) is 8.21. The molecule has 7 heteroatoms. The maximum Gasteiger partial charge on any atom is 0.427 e. The van der Waals surface area contributed by atoms with Crippen molar-refractivity contribution in [1.82, 2.24) is 9.97 Å². The Labute approximate surface area is 141 Å². The molecule has 1 fully saturated rings. The largest absolute Gasteiger partial charge is 0.427 e. The maximum atomic E-state index is 12.7. The molecule has 0 bridgehead atoms. The molecular weight excluding hydrogens is 335 g/mol. The topological polar surface area (TPSA) is 31.9 Å². The third-order valence-electron chi connectivity index (χ3n) is 4.60. The van der Waals surface area contributed by atoms with Crippen LogP contribution in [0.5, 0.6) is 0 Å². The van der Waals surface area contributed by atoms with Crippen molar-refractivity contribution < 1.29 is 13.2 Å². The quantitative estimate of drug-likeness (QED) is 0.702. The number of piperidine rings is 1. The van der Waals surface area contributed by atoms with E-state index in [2.05, 4.69) is 28.3 Å². The van der Waals surface area contributed by atoms with E-state index in [0.29, 0.717) is 11.0 Å². The van der Waals surface area contributed by atoms with Crippen molar-refractivity contribution in [2.45, 2.75) is 24.9 Å². The minimum Gasteiger partial charge on any atom is -0.361 e. The van der Waals surface area contributed by atoms with E-state index in [1.807, 2.05) is 17.0 Å². The molecule has 3 nitrogen and oxygen atoms in total. The second kappa shape index (κ2) is 5.81. The van der Waals surface area contributed by atoms with Crippen molar-refractivity contribution >= 4 is 27.4 Å². The van der Waals surface area contributed by atoms with Crippen molar-refractivity contribution in [3.63, 3.8) is 0 Å². The number of aromatic nitrogens is 2. The molecule has 0 saturated carbocycles. The molecule has 0 unspecified atom stereocenters. The molecule has 3 aromatic rings. The van der Waals surface area contributed by atoms with Gasteiger partial charge in [0.15, 0.2) is 5.13 Å². The summed E-state index contributed by atoms with van der Waals surface area (Å²) >= 11 is 0.731. The number of nitrogens with zero attached hydrogens (tertiary/aromatic N) is 2. The molecule has 4 rings (SSSR count). The van der Waals surface area contributed by atoms with Gasteiger partial charge in [-0.3, -0.25) is 0 Å². The molecule has 2 aromatic heterocycles. The Morgan fingerprint density at radius 3 is 2.62 bits per heavy atom. The summed E-state index contributed by atoms with van der Waals surface area (Å²) in [5.74, 6) is 0.430. The van der Waals surface area contributed by atoms with Crippen LogP contribution in [0.3, 0.4) is 0 Å². The first-order valence-electron chi connectivity index (χ1n) is 7.86. The molecule has 1 aliphatic rings. The number of fused-ring (bicyclic) bond motifs is 1. The maximum absolute atomic E-state index is 12.7. The van der Waals surface area contributed by atoms with E-state index in [-0.39, 0.29) is 0 Å². The van der Waals surface area contributed by atoms with Gasteiger partial charge in [0, 0.05) is 30.2 Å². The number of hydrogen-bond acceptors (Lipinski definition) is 3. The highest BCUT2D eigenvalue weighted by molar-refractivity contribution is 7.15. The third-order valence-corrected chi connectivity index (χ3v) is 5.70. The van der Waals surface area contributed by atoms with Gasteiger partial charge in [-0.15, -0.1) is 0 Å². The predicted molar refractivity (Wildman–Crippen MR) is 89.6 cm³/mol. The molecule has 126 valence electrons. The van der Waals surface area contributed by atoms with E-state index in [9.17, 15) is 13.2 Å². The van der Waals surface area contributed by atoms with E-state index in [1.54, 1.807) is 0 Å². The zero-order valence-electron chi connectivity index (χ0n) is 12.8. The van der Waals surface area contributed by atoms with Crippen LogP contribution in [0.25, 0.3) is 10.9 Å². The number of halogens is 3. The molecule has 0 amide bonds. The van der Waals surface area contributed by atoms with Gasteiger partial charge >= 0.3 is 6.18 Å². The van der Waals surface area contributed by atoms with Crippen LogP contribution in [0.1, 0.15) is 29.2 Å². The molecule has 0 aliphatic carbocycles. The van der Waals surface area contributed by atoms with Gasteiger partial charge < -0.3 is 9.88 Å². The highest BCUT2D eigenvalue weighted by atomic mass is 32.1. The Morgan fingerprint density at radius 2 is 1.92 bits per heavy atom. The van der Waals surface area contributed by atoms with Gasteiger partial charge in [-0.25, -0.2) is 4.98 Å². The van der Waals surface area contributed by atoms with Crippen LogP contribution >= 0.6 is 11.3 Å². The summed E-state index contributed by atoms with van der Waals surface area (Å²) in [6.45, 7) is 1.46. The molecule has 1 saturated heterocycles. The van der Waals surface area contributed by atoms with Crippen LogP contribution in [0.2, 0.25) is 0 Å². The van der Waals surface area contributed by atoms with Crippen LogP contribution in [0.15, 0.2) is 36.7 Å². The lowest BCUT2D eigenvalue weighted by atomic mass is 9.89. The predicted octanol–water partition coefficient (Wildman–Crippen LogP) is 5.03. The van der Waals surface area contributed by atoms with Gasteiger partial charge in [-0.05, 0) is 30.4 Å². The molecule has 24 heavy (non-hydrogen) atoms. The zero-order valence-corrected chi connectivity index (χ0v) is 13.6. The Balaban J connectivity index is 1.48. The van der Waals surface area contributed by atoms with Gasteiger partial charge in [-0.1, -0.05) is 29.5 Å². The highest BCUT2D eigenvalue weighted by Crippen LogP contribution is 2.39. The Bertz CT molecular complexity index is 844. The fraction of sp³-hybridized carbons (Fsp3) is 0.353. The molecule has 0 spiro atoms. The van der Waals surface area contributed by atoms with Crippen LogP contribution in [0.4, 0.5) is 18.3 Å². The van der Waals surface area contributed by atoms with Gasteiger partial charge in [-0.2, -0.15) is 13.2 Å². The first-order valence-corrected chi connectivity index (χ1v) is 8.68. The number of H-pyrrole nitrogens is 1. The van der Waals surface area contributed by atoms with Crippen molar-refractivity contribution in [3.8, 4) is 0 Å². The first kappa shape index (κ1) is 15.5. The number of nitrogens with one attached hydrogen (secondary N) is 1. The molecule has 1 aromatic carbocycles. The summed E-state index contributed by atoms with van der Waals surface area (Å²) in [7, 11) is 0. The van der Waals surface area contributed by atoms with Gasteiger partial charge in [0.1, 0.15) is 4.88 Å². The Kier molecular flexibility index (Phi) is 3.75. The molecule has 0 atom stereocenters. The van der Waals surface area contributed by atoms with Crippen LogP contribution in [-0.2, 0) is 6.18 Å². The number of benzene rings is 1. The lowest BCUT2D eigenvalue weighted by molar-refractivity contribution is -0.134. The standard InChI is InChI=1S/C17H16F3N3S/c18-17(19,20)15-10-22-16(24-15)23-7-5-11(6-8-23)13-9-21-14-4-2-1-3-12(13)14/h1-4,9-11,21H,5-8H2. The highest BCUT2D eigenvalue weighted by Gasteiger charge is 2.34. The molecule has 3 heterocycles. The van der Waals surface area contributed by atoms with Crippen molar-refractivity contribution in [2.24, 2.45) is 0 Å². The summed E-state index contributed by atoms with van der Waals surface area (Å²) in [5.41, 5.74) is 2.44. The molecule has 1 N–H and O–H groups in total. The van der Waals surface area contributed by atoms with E-state index in [1.165, 1.54) is 10.9 Å². The number of anilines is 1. The lowest BCUT2D eigenvalue weighted by Crippen LogP contribution is -2.32. The second-order valence-corrected chi connectivity index (χ2v) is 7.06. The average Bonchev–Trinajstić information content (AvgIpc) is 3.22. The average molecular weight is 351 g/mol. The minimum atomic E-state index is -4.31. The van der Waals surface area contributed by atoms with E-state index < -0.39 is 11.1 Å². The third kappa shape index (κ3) is 2.77. The van der Waals surface area contributed by atoms with Crippen molar-refractivity contribution in [2.75, 3.05) is 18.0 Å². The number of hydrogen-bond donors (Lipinski definition) is 1. The monoisotopic (exact) mass is 351 g/mol. The van der Waals surface area contributed by atoms with Gasteiger partial charge in [0.05, 0.1) is 6.20 Å².